The first-order chi connectivity index (χ1) is 7.43. The lowest BCUT2D eigenvalue weighted by atomic mass is 10.2. The molecule has 0 atom stereocenters. The summed E-state index contributed by atoms with van der Waals surface area (Å²) in [4.78, 5) is 8.53. The predicted octanol–water partition coefficient (Wildman–Crippen LogP) is 2.02. The van der Waals surface area contributed by atoms with Crippen LogP contribution >= 0.6 is 0 Å². The van der Waals surface area contributed by atoms with Crippen LogP contribution in [0.5, 0.6) is 0 Å². The smallest absolute Gasteiger partial charge is 0.0893 e. The number of H-pyrrole nitrogens is 1. The molecule has 0 saturated carbocycles. The summed E-state index contributed by atoms with van der Waals surface area (Å²) in [5.74, 6) is 0. The van der Waals surface area contributed by atoms with E-state index in [1.165, 1.54) is 0 Å². The van der Waals surface area contributed by atoms with Gasteiger partial charge in [0.2, 0.25) is 0 Å². The van der Waals surface area contributed by atoms with Gasteiger partial charge in [0.1, 0.15) is 0 Å². The summed E-state index contributed by atoms with van der Waals surface area (Å²) in [5, 5.41) is 7.87. The Morgan fingerprint density at radius 1 is 1.00 bits per heavy atom. The maximum Gasteiger partial charge on any atom is 0.0893 e. The molecule has 0 aliphatic carbocycles. The Labute approximate surface area is 86.0 Å². The zero-order valence-corrected chi connectivity index (χ0v) is 7.88. The van der Waals surface area contributed by atoms with Crippen molar-refractivity contribution in [2.45, 2.75) is 0 Å². The van der Waals surface area contributed by atoms with Crippen LogP contribution in [0.3, 0.4) is 0 Å². The van der Waals surface area contributed by atoms with E-state index < -0.39 is 0 Å². The van der Waals surface area contributed by atoms with Crippen LogP contribution in [0.1, 0.15) is 0 Å². The number of pyridine rings is 2. The molecule has 0 fully saturated rings. The molecule has 3 aromatic heterocycles. The van der Waals surface area contributed by atoms with Crippen LogP contribution in [0.2, 0.25) is 0 Å². The summed E-state index contributed by atoms with van der Waals surface area (Å²) in [6.07, 6.45) is 5.24. The van der Waals surface area contributed by atoms with Crippen molar-refractivity contribution in [1.29, 1.82) is 0 Å². The standard InChI is InChI=1S/C11H8N4/c1-2-9(10-4-6-13-15-10)14-11-7-12-5-3-8(1)11/h1-7H,(H,13,15). The quantitative estimate of drug-likeness (QED) is 0.647. The molecule has 0 radical (unpaired) electrons. The van der Waals surface area contributed by atoms with E-state index >= 15 is 0 Å². The zero-order chi connectivity index (χ0) is 10.1. The van der Waals surface area contributed by atoms with Gasteiger partial charge in [-0.25, -0.2) is 4.98 Å². The summed E-state index contributed by atoms with van der Waals surface area (Å²) in [5.41, 5.74) is 2.69. The van der Waals surface area contributed by atoms with E-state index in [0.717, 1.165) is 22.3 Å². The Balaban J connectivity index is 2.22. The minimum absolute atomic E-state index is 0.882. The fourth-order valence-electron chi connectivity index (χ4n) is 1.52. The minimum Gasteiger partial charge on any atom is -0.276 e. The molecule has 3 heterocycles. The second kappa shape index (κ2) is 3.16. The van der Waals surface area contributed by atoms with E-state index in [1.807, 2.05) is 24.3 Å². The number of nitrogens with one attached hydrogen (secondary N) is 1. The van der Waals surface area contributed by atoms with Crippen LogP contribution in [0.15, 0.2) is 42.9 Å². The van der Waals surface area contributed by atoms with Crippen molar-refractivity contribution in [3.63, 3.8) is 0 Å². The molecule has 0 spiro atoms. The molecular formula is C11H8N4. The summed E-state index contributed by atoms with van der Waals surface area (Å²) in [6, 6.07) is 7.83. The first-order valence-electron chi connectivity index (χ1n) is 4.64. The molecular weight excluding hydrogens is 188 g/mol. The van der Waals surface area contributed by atoms with E-state index in [-0.39, 0.29) is 0 Å². The topological polar surface area (TPSA) is 54.5 Å². The Bertz CT molecular complexity index is 586. The Morgan fingerprint density at radius 3 is 2.87 bits per heavy atom. The normalized spacial score (nSPS) is 10.7. The fourth-order valence-corrected chi connectivity index (χ4v) is 1.52. The molecule has 0 unspecified atom stereocenters. The molecule has 3 rings (SSSR count). The van der Waals surface area contributed by atoms with E-state index in [9.17, 15) is 0 Å². The average Bonchev–Trinajstić information content (AvgIpc) is 2.82. The van der Waals surface area contributed by atoms with E-state index in [2.05, 4.69) is 20.2 Å². The lowest BCUT2D eigenvalue weighted by Crippen LogP contribution is -1.86. The van der Waals surface area contributed by atoms with Crippen molar-refractivity contribution in [3.8, 4) is 11.4 Å². The van der Waals surface area contributed by atoms with Crippen LogP contribution in [0.4, 0.5) is 0 Å². The number of hydrogen-bond donors (Lipinski definition) is 1. The lowest BCUT2D eigenvalue weighted by molar-refractivity contribution is 1.09. The van der Waals surface area contributed by atoms with Gasteiger partial charge in [0.25, 0.3) is 0 Å². The molecule has 4 nitrogen and oxygen atoms in total. The van der Waals surface area contributed by atoms with E-state index in [0.29, 0.717) is 0 Å². The third-order valence-corrected chi connectivity index (χ3v) is 2.27. The number of rotatable bonds is 1. The predicted molar refractivity (Wildman–Crippen MR) is 57.1 cm³/mol. The average molecular weight is 196 g/mol. The van der Waals surface area contributed by atoms with Gasteiger partial charge in [0.15, 0.2) is 0 Å². The maximum atomic E-state index is 4.48. The highest BCUT2D eigenvalue weighted by Crippen LogP contribution is 2.17. The Kier molecular flexibility index (Phi) is 1.71. The second-order valence-corrected chi connectivity index (χ2v) is 3.24. The van der Waals surface area contributed by atoms with Crippen molar-refractivity contribution in [2.24, 2.45) is 0 Å². The van der Waals surface area contributed by atoms with Crippen molar-refractivity contribution in [3.05, 3.63) is 42.9 Å². The summed E-state index contributed by atoms with van der Waals surface area (Å²) in [6.45, 7) is 0. The molecule has 0 aliphatic rings. The molecule has 0 saturated heterocycles. The Morgan fingerprint density at radius 2 is 2.00 bits per heavy atom. The molecule has 72 valence electrons. The van der Waals surface area contributed by atoms with Crippen LogP contribution in [-0.2, 0) is 0 Å². The van der Waals surface area contributed by atoms with Crippen molar-refractivity contribution < 1.29 is 0 Å². The maximum absolute atomic E-state index is 4.48. The monoisotopic (exact) mass is 196 g/mol. The molecule has 15 heavy (non-hydrogen) atoms. The largest absolute Gasteiger partial charge is 0.276 e. The minimum atomic E-state index is 0.882. The highest BCUT2D eigenvalue weighted by atomic mass is 15.1. The zero-order valence-electron chi connectivity index (χ0n) is 7.88. The molecule has 4 heteroatoms. The van der Waals surface area contributed by atoms with Crippen molar-refractivity contribution in [2.75, 3.05) is 0 Å². The van der Waals surface area contributed by atoms with Gasteiger partial charge in [-0.3, -0.25) is 10.1 Å². The summed E-state index contributed by atoms with van der Waals surface area (Å²) >= 11 is 0. The van der Waals surface area contributed by atoms with Crippen molar-refractivity contribution in [1.82, 2.24) is 20.2 Å². The van der Waals surface area contributed by atoms with Crippen LogP contribution in [0, 0.1) is 0 Å². The van der Waals surface area contributed by atoms with Crippen LogP contribution < -0.4 is 0 Å². The SMILES string of the molecule is c1cc2ccc(-c3ccn[nH]3)nc2cn1. The number of aromatic nitrogens is 4. The summed E-state index contributed by atoms with van der Waals surface area (Å²) < 4.78 is 0. The molecule has 0 amide bonds. The van der Waals surface area contributed by atoms with Crippen LogP contribution in [-0.4, -0.2) is 20.2 Å². The number of aromatic amines is 1. The van der Waals surface area contributed by atoms with E-state index in [4.69, 9.17) is 0 Å². The van der Waals surface area contributed by atoms with Gasteiger partial charge in [0.05, 0.1) is 23.1 Å². The highest BCUT2D eigenvalue weighted by Gasteiger charge is 2.01. The van der Waals surface area contributed by atoms with E-state index in [1.54, 1.807) is 18.6 Å². The summed E-state index contributed by atoms with van der Waals surface area (Å²) in [7, 11) is 0. The molecule has 3 aromatic rings. The van der Waals surface area contributed by atoms with Gasteiger partial charge in [-0.15, -0.1) is 0 Å². The number of fused-ring (bicyclic) bond motifs is 1. The van der Waals surface area contributed by atoms with Gasteiger partial charge in [0, 0.05) is 17.8 Å². The third-order valence-electron chi connectivity index (χ3n) is 2.27. The fraction of sp³-hybridized carbons (Fsp3) is 0. The molecule has 0 aliphatic heterocycles. The number of hydrogen-bond acceptors (Lipinski definition) is 3. The van der Waals surface area contributed by atoms with Crippen molar-refractivity contribution >= 4 is 10.9 Å². The third kappa shape index (κ3) is 1.36. The first-order valence-corrected chi connectivity index (χ1v) is 4.64. The first kappa shape index (κ1) is 8.11. The molecule has 0 bridgehead atoms. The second-order valence-electron chi connectivity index (χ2n) is 3.24. The van der Waals surface area contributed by atoms with Crippen LogP contribution in [0.25, 0.3) is 22.3 Å². The Hall–Kier alpha value is -2.23. The van der Waals surface area contributed by atoms with Gasteiger partial charge < -0.3 is 0 Å². The van der Waals surface area contributed by atoms with Gasteiger partial charge >= 0.3 is 0 Å². The molecule has 1 N–H and O–H groups in total. The molecule has 0 aromatic carbocycles. The van der Waals surface area contributed by atoms with Gasteiger partial charge in [-0.05, 0) is 18.2 Å². The van der Waals surface area contributed by atoms with Gasteiger partial charge in [-0.1, -0.05) is 6.07 Å². The lowest BCUT2D eigenvalue weighted by Gasteiger charge is -1.99. The highest BCUT2D eigenvalue weighted by molar-refractivity contribution is 5.79. The van der Waals surface area contributed by atoms with Gasteiger partial charge in [-0.2, -0.15) is 5.10 Å². The number of nitrogens with zero attached hydrogens (tertiary/aromatic N) is 3.